The van der Waals surface area contributed by atoms with Crippen molar-refractivity contribution in [2.24, 2.45) is 0 Å². The number of piperazine rings is 1. The molecular formula is C24H24BrN5O2. The van der Waals surface area contributed by atoms with Gasteiger partial charge < -0.3 is 14.4 Å². The van der Waals surface area contributed by atoms with Crippen LogP contribution >= 0.6 is 15.9 Å². The number of carbonyl (C=O) groups is 1. The summed E-state index contributed by atoms with van der Waals surface area (Å²) >= 11 is 3.59. The summed E-state index contributed by atoms with van der Waals surface area (Å²) < 4.78 is 6.39. The van der Waals surface area contributed by atoms with Crippen molar-refractivity contribution in [2.75, 3.05) is 26.2 Å². The van der Waals surface area contributed by atoms with Crippen molar-refractivity contribution < 1.29 is 9.32 Å². The molecule has 2 aromatic heterocycles. The van der Waals surface area contributed by atoms with E-state index in [0.29, 0.717) is 30.5 Å². The van der Waals surface area contributed by atoms with E-state index in [1.807, 2.05) is 53.4 Å². The van der Waals surface area contributed by atoms with Crippen LogP contribution in [0, 0.1) is 6.92 Å². The number of para-hydroxylation sites is 1. The number of rotatable bonds is 4. The summed E-state index contributed by atoms with van der Waals surface area (Å²) in [5.74, 6) is 1.21. The Balaban J connectivity index is 1.25. The molecule has 1 aliphatic heterocycles. The van der Waals surface area contributed by atoms with Crippen LogP contribution in [0.3, 0.4) is 0 Å². The fourth-order valence-corrected chi connectivity index (χ4v) is 4.72. The van der Waals surface area contributed by atoms with Gasteiger partial charge in [0.05, 0.1) is 10.5 Å². The van der Waals surface area contributed by atoms with Crippen molar-refractivity contribution in [3.63, 3.8) is 0 Å². The van der Waals surface area contributed by atoms with E-state index in [1.54, 1.807) is 0 Å². The molecule has 8 heteroatoms. The Morgan fingerprint density at radius 2 is 1.81 bits per heavy atom. The number of aryl methyl sites for hydroxylation is 1. The third kappa shape index (κ3) is 3.84. The van der Waals surface area contributed by atoms with Gasteiger partial charge in [-0.2, -0.15) is 4.98 Å². The fraction of sp³-hybridized carbons (Fsp3) is 0.292. The molecule has 0 bridgehead atoms. The number of nitrogens with one attached hydrogen (secondary N) is 1. The first kappa shape index (κ1) is 20.9. The van der Waals surface area contributed by atoms with E-state index >= 15 is 0 Å². The van der Waals surface area contributed by atoms with Gasteiger partial charge in [0.15, 0.2) is 0 Å². The van der Waals surface area contributed by atoms with Gasteiger partial charge in [-0.25, -0.2) is 0 Å². The number of aromatic amines is 1. The summed E-state index contributed by atoms with van der Waals surface area (Å²) in [6.07, 6.45) is 0. The summed E-state index contributed by atoms with van der Waals surface area (Å²) in [5, 5.41) is 5.18. The largest absolute Gasteiger partial charge is 0.350 e. The number of aromatic nitrogens is 3. The number of fused-ring (bicyclic) bond motifs is 1. The highest BCUT2D eigenvalue weighted by molar-refractivity contribution is 9.10. The van der Waals surface area contributed by atoms with Gasteiger partial charge in [0.25, 0.3) is 5.91 Å². The Morgan fingerprint density at radius 3 is 2.53 bits per heavy atom. The normalized spacial score (nSPS) is 15.9. The van der Waals surface area contributed by atoms with Crippen LogP contribution in [0.15, 0.2) is 57.5 Å². The predicted molar refractivity (Wildman–Crippen MR) is 126 cm³/mol. The maximum atomic E-state index is 13.1. The first-order valence-electron chi connectivity index (χ1n) is 10.7. The van der Waals surface area contributed by atoms with Crippen LogP contribution in [-0.4, -0.2) is 57.0 Å². The number of nitrogens with zero attached hydrogens (tertiary/aromatic N) is 4. The highest BCUT2D eigenvalue weighted by Crippen LogP contribution is 2.29. The lowest BCUT2D eigenvalue weighted by atomic mass is 10.1. The van der Waals surface area contributed by atoms with E-state index in [4.69, 9.17) is 4.52 Å². The lowest BCUT2D eigenvalue weighted by Gasteiger charge is -2.36. The van der Waals surface area contributed by atoms with Gasteiger partial charge >= 0.3 is 0 Å². The number of hydrogen-bond donors (Lipinski definition) is 1. The zero-order valence-corrected chi connectivity index (χ0v) is 19.6. The molecule has 1 atom stereocenters. The third-order valence-corrected chi connectivity index (χ3v) is 6.94. The van der Waals surface area contributed by atoms with Crippen molar-refractivity contribution >= 4 is 32.7 Å². The van der Waals surface area contributed by atoms with Crippen LogP contribution in [0.5, 0.6) is 0 Å². The van der Waals surface area contributed by atoms with Crippen LogP contribution in [-0.2, 0) is 0 Å². The average molecular weight is 494 g/mol. The van der Waals surface area contributed by atoms with E-state index in [1.165, 1.54) is 5.56 Å². The van der Waals surface area contributed by atoms with E-state index in [2.05, 4.69) is 49.8 Å². The molecule has 3 heterocycles. The zero-order chi connectivity index (χ0) is 22.2. The van der Waals surface area contributed by atoms with Crippen LogP contribution in [0.4, 0.5) is 0 Å². The van der Waals surface area contributed by atoms with Crippen molar-refractivity contribution in [1.29, 1.82) is 0 Å². The second-order valence-electron chi connectivity index (χ2n) is 8.19. The van der Waals surface area contributed by atoms with Gasteiger partial charge in [-0.1, -0.05) is 53.2 Å². The molecule has 1 saturated heterocycles. The molecule has 1 aliphatic rings. The molecule has 0 saturated carbocycles. The van der Waals surface area contributed by atoms with E-state index in [0.717, 1.165) is 34.0 Å². The molecular weight excluding hydrogens is 470 g/mol. The molecule has 1 N–H and O–H groups in total. The average Bonchev–Trinajstić information content (AvgIpc) is 3.44. The third-order valence-electron chi connectivity index (χ3n) is 6.11. The molecule has 1 amide bonds. The SMILES string of the molecule is Cc1ccc(-c2noc(C(C)N3CCN(C(=O)c4[nH]c5ccccc5c4Br)CC3)n2)cc1. The van der Waals surface area contributed by atoms with E-state index < -0.39 is 0 Å². The quantitative estimate of drug-likeness (QED) is 0.441. The van der Waals surface area contributed by atoms with Crippen molar-refractivity contribution in [3.8, 4) is 11.4 Å². The maximum absolute atomic E-state index is 13.1. The second kappa shape index (κ2) is 8.52. The Bertz CT molecular complexity index is 1260. The Hall–Kier alpha value is -2.97. The first-order valence-corrected chi connectivity index (χ1v) is 11.5. The first-order chi connectivity index (χ1) is 15.5. The number of hydrogen-bond acceptors (Lipinski definition) is 5. The Morgan fingerprint density at radius 1 is 1.09 bits per heavy atom. The number of carbonyl (C=O) groups excluding carboxylic acids is 1. The molecule has 32 heavy (non-hydrogen) atoms. The van der Waals surface area contributed by atoms with Gasteiger partial charge in [0.1, 0.15) is 5.69 Å². The second-order valence-corrected chi connectivity index (χ2v) is 8.98. The lowest BCUT2D eigenvalue weighted by Crippen LogP contribution is -2.49. The Kier molecular flexibility index (Phi) is 5.57. The van der Waals surface area contributed by atoms with Crippen LogP contribution in [0.1, 0.15) is 34.9 Å². The molecule has 7 nitrogen and oxygen atoms in total. The molecule has 0 spiro atoms. The summed E-state index contributed by atoms with van der Waals surface area (Å²) in [5.41, 5.74) is 3.69. The highest BCUT2D eigenvalue weighted by atomic mass is 79.9. The van der Waals surface area contributed by atoms with Gasteiger partial charge in [-0.3, -0.25) is 9.69 Å². The summed E-state index contributed by atoms with van der Waals surface area (Å²) in [4.78, 5) is 25.2. The molecule has 0 aliphatic carbocycles. The van der Waals surface area contributed by atoms with Crippen molar-refractivity contribution in [1.82, 2.24) is 24.9 Å². The monoisotopic (exact) mass is 493 g/mol. The number of amides is 1. The van der Waals surface area contributed by atoms with Gasteiger partial charge in [0, 0.05) is 42.6 Å². The number of benzene rings is 2. The molecule has 1 unspecified atom stereocenters. The summed E-state index contributed by atoms with van der Waals surface area (Å²) in [6.45, 7) is 6.89. The van der Waals surface area contributed by atoms with Crippen molar-refractivity contribution in [3.05, 3.63) is 70.2 Å². The summed E-state index contributed by atoms with van der Waals surface area (Å²) in [7, 11) is 0. The highest BCUT2D eigenvalue weighted by Gasteiger charge is 2.29. The number of halogens is 1. The van der Waals surface area contributed by atoms with E-state index in [-0.39, 0.29) is 11.9 Å². The molecule has 4 aromatic rings. The lowest BCUT2D eigenvalue weighted by molar-refractivity contribution is 0.0546. The van der Waals surface area contributed by atoms with Crippen LogP contribution < -0.4 is 0 Å². The smallest absolute Gasteiger partial charge is 0.271 e. The standard InChI is InChI=1S/C24H24BrN5O2/c1-15-7-9-17(10-8-15)22-27-23(32-28-22)16(2)29-11-13-30(14-12-29)24(31)21-20(25)18-5-3-4-6-19(18)26-21/h3-10,16,26H,11-14H2,1-2H3. The fourth-order valence-electron chi connectivity index (χ4n) is 4.11. The van der Waals surface area contributed by atoms with Crippen LogP contribution in [0.2, 0.25) is 0 Å². The van der Waals surface area contributed by atoms with E-state index in [9.17, 15) is 4.79 Å². The van der Waals surface area contributed by atoms with Gasteiger partial charge in [-0.05, 0) is 35.8 Å². The van der Waals surface area contributed by atoms with Gasteiger partial charge in [0.2, 0.25) is 11.7 Å². The molecule has 164 valence electrons. The zero-order valence-electron chi connectivity index (χ0n) is 18.0. The minimum Gasteiger partial charge on any atom is -0.350 e. The minimum atomic E-state index is -0.0150. The molecule has 1 fully saturated rings. The van der Waals surface area contributed by atoms with Crippen molar-refractivity contribution in [2.45, 2.75) is 19.9 Å². The maximum Gasteiger partial charge on any atom is 0.271 e. The minimum absolute atomic E-state index is 0.0137. The molecule has 5 rings (SSSR count). The van der Waals surface area contributed by atoms with Crippen LogP contribution in [0.25, 0.3) is 22.3 Å². The van der Waals surface area contributed by atoms with Gasteiger partial charge in [-0.15, -0.1) is 0 Å². The topological polar surface area (TPSA) is 78.3 Å². The Labute approximate surface area is 194 Å². The predicted octanol–water partition coefficient (Wildman–Crippen LogP) is 4.81. The number of H-pyrrole nitrogens is 1. The molecule has 2 aromatic carbocycles. The molecule has 0 radical (unpaired) electrons. The summed E-state index contributed by atoms with van der Waals surface area (Å²) in [6, 6.07) is 16.0.